The summed E-state index contributed by atoms with van der Waals surface area (Å²) in [6.45, 7) is 4.03. The lowest BCUT2D eigenvalue weighted by Crippen LogP contribution is -2.15. The number of nitrogens with zero attached hydrogens (tertiary/aromatic N) is 2. The highest BCUT2D eigenvalue weighted by molar-refractivity contribution is 5.98. The van der Waals surface area contributed by atoms with Crippen LogP contribution in [0.1, 0.15) is 18.9 Å². The molecule has 1 aliphatic carbocycles. The number of carbonyl (C=O) groups is 1. The summed E-state index contributed by atoms with van der Waals surface area (Å²) in [6.07, 6.45) is 2.59. The van der Waals surface area contributed by atoms with Crippen molar-refractivity contribution in [3.8, 4) is 11.3 Å². The first kappa shape index (κ1) is 16.3. The van der Waals surface area contributed by atoms with Gasteiger partial charge in [0.2, 0.25) is 5.91 Å². The SMILES string of the molecule is Cc1c(N)cccc1-c1cc2cc(NC(=O)[C@H]3C[C@@H]3C)ncc2c(N)n1. The zero-order valence-electron chi connectivity index (χ0n) is 14.8. The molecular weight excluding hydrogens is 326 g/mol. The van der Waals surface area contributed by atoms with Crippen LogP contribution in [0.15, 0.2) is 36.5 Å². The van der Waals surface area contributed by atoms with Crippen molar-refractivity contribution in [3.63, 3.8) is 0 Å². The van der Waals surface area contributed by atoms with Crippen LogP contribution < -0.4 is 16.8 Å². The summed E-state index contributed by atoms with van der Waals surface area (Å²) in [7, 11) is 0. The zero-order chi connectivity index (χ0) is 18.4. The Labute approximate surface area is 151 Å². The molecule has 1 aliphatic rings. The summed E-state index contributed by atoms with van der Waals surface area (Å²) >= 11 is 0. The van der Waals surface area contributed by atoms with Crippen LogP contribution in [-0.2, 0) is 4.79 Å². The van der Waals surface area contributed by atoms with Crippen LogP contribution in [0.4, 0.5) is 17.3 Å². The minimum absolute atomic E-state index is 0.0262. The lowest BCUT2D eigenvalue weighted by molar-refractivity contribution is -0.117. The van der Waals surface area contributed by atoms with Gasteiger partial charge in [-0.25, -0.2) is 9.97 Å². The van der Waals surface area contributed by atoms with Gasteiger partial charge < -0.3 is 16.8 Å². The minimum atomic E-state index is 0.0262. The maximum absolute atomic E-state index is 12.2. The van der Waals surface area contributed by atoms with E-state index in [1.165, 1.54) is 0 Å². The van der Waals surface area contributed by atoms with Gasteiger partial charge in [0.05, 0.1) is 5.69 Å². The first-order valence-corrected chi connectivity index (χ1v) is 8.66. The second kappa shape index (κ2) is 5.98. The summed E-state index contributed by atoms with van der Waals surface area (Å²) in [4.78, 5) is 21.0. The first-order valence-electron chi connectivity index (χ1n) is 8.66. The van der Waals surface area contributed by atoms with E-state index in [1.807, 2.05) is 37.3 Å². The predicted molar refractivity (Wildman–Crippen MR) is 104 cm³/mol. The van der Waals surface area contributed by atoms with E-state index >= 15 is 0 Å². The first-order chi connectivity index (χ1) is 12.4. The Morgan fingerprint density at radius 2 is 2.04 bits per heavy atom. The molecule has 6 heteroatoms. The molecular formula is C20H21N5O. The monoisotopic (exact) mass is 347 g/mol. The van der Waals surface area contributed by atoms with Gasteiger partial charge in [0.15, 0.2) is 0 Å². The van der Waals surface area contributed by atoms with Crippen molar-refractivity contribution in [2.75, 3.05) is 16.8 Å². The smallest absolute Gasteiger partial charge is 0.228 e. The van der Waals surface area contributed by atoms with Crippen molar-refractivity contribution in [3.05, 3.63) is 42.1 Å². The van der Waals surface area contributed by atoms with Crippen molar-refractivity contribution in [1.29, 1.82) is 0 Å². The Morgan fingerprint density at radius 3 is 2.77 bits per heavy atom. The van der Waals surface area contributed by atoms with E-state index in [1.54, 1.807) is 6.20 Å². The van der Waals surface area contributed by atoms with Gasteiger partial charge in [0.25, 0.3) is 0 Å². The fourth-order valence-electron chi connectivity index (χ4n) is 3.22. The molecule has 5 N–H and O–H groups in total. The van der Waals surface area contributed by atoms with Gasteiger partial charge in [0.1, 0.15) is 11.6 Å². The molecule has 1 fully saturated rings. The molecule has 1 amide bonds. The number of amides is 1. The van der Waals surface area contributed by atoms with Gasteiger partial charge in [-0.05, 0) is 48.4 Å². The van der Waals surface area contributed by atoms with Crippen LogP contribution >= 0.6 is 0 Å². The third kappa shape index (κ3) is 2.83. The summed E-state index contributed by atoms with van der Waals surface area (Å²) in [6, 6.07) is 9.51. The fraction of sp³-hybridized carbons (Fsp3) is 0.250. The number of nitrogens with two attached hydrogens (primary N) is 2. The Morgan fingerprint density at radius 1 is 1.27 bits per heavy atom. The highest BCUT2D eigenvalue weighted by atomic mass is 16.2. The van der Waals surface area contributed by atoms with Crippen molar-refractivity contribution in [2.45, 2.75) is 20.3 Å². The number of carbonyl (C=O) groups excluding carboxylic acids is 1. The number of hydrogen-bond acceptors (Lipinski definition) is 5. The molecule has 2 heterocycles. The Kier molecular flexibility index (Phi) is 3.76. The number of benzene rings is 1. The summed E-state index contributed by atoms with van der Waals surface area (Å²) in [5.74, 6) is 1.51. The van der Waals surface area contributed by atoms with Gasteiger partial charge in [0, 0.05) is 28.8 Å². The number of rotatable bonds is 3. The lowest BCUT2D eigenvalue weighted by atomic mass is 10.0. The molecule has 2 aromatic heterocycles. The van der Waals surface area contributed by atoms with E-state index in [9.17, 15) is 4.79 Å². The molecule has 6 nitrogen and oxygen atoms in total. The van der Waals surface area contributed by atoms with Gasteiger partial charge >= 0.3 is 0 Å². The van der Waals surface area contributed by atoms with Crippen molar-refractivity contribution in [1.82, 2.24) is 9.97 Å². The third-order valence-electron chi connectivity index (χ3n) is 5.09. The van der Waals surface area contributed by atoms with E-state index < -0.39 is 0 Å². The highest BCUT2D eigenvalue weighted by Crippen LogP contribution is 2.38. The number of anilines is 3. The zero-order valence-corrected chi connectivity index (χ0v) is 14.8. The van der Waals surface area contributed by atoms with Crippen LogP contribution in [0.3, 0.4) is 0 Å². The number of nitrogens with one attached hydrogen (secondary N) is 1. The molecule has 1 saturated carbocycles. The topological polar surface area (TPSA) is 107 Å². The summed E-state index contributed by atoms with van der Waals surface area (Å²) in [5.41, 5.74) is 15.5. The quantitative estimate of drug-likeness (QED) is 0.630. The van der Waals surface area contributed by atoms with Crippen molar-refractivity contribution in [2.24, 2.45) is 11.8 Å². The van der Waals surface area contributed by atoms with Gasteiger partial charge in [-0.15, -0.1) is 0 Å². The molecule has 132 valence electrons. The van der Waals surface area contributed by atoms with E-state index in [0.29, 0.717) is 23.2 Å². The van der Waals surface area contributed by atoms with Gasteiger partial charge in [-0.2, -0.15) is 0 Å². The summed E-state index contributed by atoms with van der Waals surface area (Å²) < 4.78 is 0. The van der Waals surface area contributed by atoms with Crippen LogP contribution in [0, 0.1) is 18.8 Å². The minimum Gasteiger partial charge on any atom is -0.398 e. The molecule has 0 unspecified atom stereocenters. The van der Waals surface area contributed by atoms with E-state index in [-0.39, 0.29) is 11.8 Å². The predicted octanol–water partition coefficient (Wildman–Crippen LogP) is 3.36. The molecule has 4 rings (SSSR count). The standard InChI is InChI=1S/C20H21N5O/c1-10-6-14(10)20(26)25-18-8-12-7-17(24-19(22)15(12)9-23-18)13-4-3-5-16(21)11(13)2/h3-5,7-10,14H,6,21H2,1-2H3,(H2,22,24)(H,23,25,26)/t10-,14-/m0/s1. The highest BCUT2D eigenvalue weighted by Gasteiger charge is 2.39. The Bertz CT molecular complexity index is 1030. The fourth-order valence-corrected chi connectivity index (χ4v) is 3.22. The van der Waals surface area contributed by atoms with Crippen molar-refractivity contribution < 1.29 is 4.79 Å². The Hall–Kier alpha value is -3.15. The number of fused-ring (bicyclic) bond motifs is 1. The third-order valence-corrected chi connectivity index (χ3v) is 5.09. The molecule has 0 radical (unpaired) electrons. The van der Waals surface area contributed by atoms with Gasteiger partial charge in [-0.3, -0.25) is 4.79 Å². The Balaban J connectivity index is 1.74. The van der Waals surface area contributed by atoms with Crippen LogP contribution in [-0.4, -0.2) is 15.9 Å². The number of pyridine rings is 2. The number of nitrogen functional groups attached to an aromatic ring is 2. The summed E-state index contributed by atoms with van der Waals surface area (Å²) in [5, 5.41) is 4.53. The largest absolute Gasteiger partial charge is 0.398 e. The number of aromatic nitrogens is 2. The molecule has 0 bridgehead atoms. The van der Waals surface area contributed by atoms with Crippen LogP contribution in [0.5, 0.6) is 0 Å². The van der Waals surface area contributed by atoms with E-state index in [4.69, 9.17) is 11.5 Å². The van der Waals surface area contributed by atoms with Crippen molar-refractivity contribution >= 4 is 34.0 Å². The maximum atomic E-state index is 12.2. The van der Waals surface area contributed by atoms with Gasteiger partial charge in [-0.1, -0.05) is 19.1 Å². The average molecular weight is 347 g/mol. The van der Waals surface area contributed by atoms with E-state index in [0.717, 1.165) is 34.0 Å². The number of hydrogen-bond donors (Lipinski definition) is 3. The lowest BCUT2D eigenvalue weighted by Gasteiger charge is -2.11. The molecule has 0 spiro atoms. The molecule has 26 heavy (non-hydrogen) atoms. The van der Waals surface area contributed by atoms with E-state index in [2.05, 4.69) is 22.2 Å². The molecule has 0 saturated heterocycles. The second-order valence-electron chi connectivity index (χ2n) is 7.01. The average Bonchev–Trinajstić information content (AvgIpc) is 3.34. The second-order valence-corrected chi connectivity index (χ2v) is 7.01. The molecule has 1 aromatic carbocycles. The molecule has 0 aliphatic heterocycles. The molecule has 2 atom stereocenters. The maximum Gasteiger partial charge on any atom is 0.228 e. The van der Waals surface area contributed by atoms with Crippen LogP contribution in [0.25, 0.3) is 22.0 Å². The molecule has 3 aromatic rings. The normalized spacial score (nSPS) is 18.7. The van der Waals surface area contributed by atoms with Crippen LogP contribution in [0.2, 0.25) is 0 Å².